The molecule has 1 saturated carbocycles. The molecule has 3 aromatic rings. The fourth-order valence-electron chi connectivity index (χ4n) is 5.06. The summed E-state index contributed by atoms with van der Waals surface area (Å²) >= 11 is 0. The Bertz CT molecular complexity index is 1170. The van der Waals surface area contributed by atoms with Crippen molar-refractivity contribution in [3.63, 3.8) is 0 Å². The summed E-state index contributed by atoms with van der Waals surface area (Å²) in [6.45, 7) is 5.99. The zero-order chi connectivity index (χ0) is 22.2. The molecular formula is C24H32N6O2. The molecule has 0 amide bonds. The Morgan fingerprint density at radius 1 is 1.06 bits per heavy atom. The van der Waals surface area contributed by atoms with E-state index in [4.69, 9.17) is 14.7 Å². The minimum Gasteiger partial charge on any atom is -0.496 e. The number of aryl methyl sites for hydroxylation is 1. The van der Waals surface area contributed by atoms with Crippen molar-refractivity contribution in [2.24, 2.45) is 0 Å². The summed E-state index contributed by atoms with van der Waals surface area (Å²) < 4.78 is 7.39. The largest absolute Gasteiger partial charge is 0.496 e. The third kappa shape index (κ3) is 3.77. The summed E-state index contributed by atoms with van der Waals surface area (Å²) in [5.41, 5.74) is 3.16. The molecular weight excluding hydrogens is 404 g/mol. The molecule has 0 atom stereocenters. The van der Waals surface area contributed by atoms with Gasteiger partial charge in [0.2, 0.25) is 0 Å². The number of anilines is 1. The van der Waals surface area contributed by atoms with Crippen LogP contribution >= 0.6 is 0 Å². The van der Waals surface area contributed by atoms with Crippen LogP contribution in [-0.2, 0) is 0 Å². The molecule has 3 heterocycles. The standard InChI is InChI=1S/C24H32N6O2/c1-16-22-26-21(27-24(31)30(22)23(25-16)17-7-5-4-6-8-17)19-10-9-18(15-20(19)32-3)29-13-11-28(2)12-14-29/h9-10,15,17H,4-8,11-14H2,1-3H3,(H,26,27,31). The van der Waals surface area contributed by atoms with E-state index in [1.807, 2.05) is 19.1 Å². The predicted molar refractivity (Wildman–Crippen MR) is 126 cm³/mol. The molecule has 32 heavy (non-hydrogen) atoms. The molecule has 0 radical (unpaired) electrons. The zero-order valence-corrected chi connectivity index (χ0v) is 19.2. The number of imidazole rings is 1. The summed E-state index contributed by atoms with van der Waals surface area (Å²) in [4.78, 5) is 30.5. The normalized spacial score (nSPS) is 18.4. The zero-order valence-electron chi connectivity index (χ0n) is 19.2. The van der Waals surface area contributed by atoms with Crippen molar-refractivity contribution in [1.29, 1.82) is 0 Å². The lowest BCUT2D eigenvalue weighted by Crippen LogP contribution is -2.44. The second kappa shape index (κ2) is 8.58. The summed E-state index contributed by atoms with van der Waals surface area (Å²) in [5.74, 6) is 2.41. The molecule has 8 nitrogen and oxygen atoms in total. The number of rotatable bonds is 4. The number of hydrogen-bond acceptors (Lipinski definition) is 6. The maximum Gasteiger partial charge on any atom is 0.334 e. The third-order valence-corrected chi connectivity index (χ3v) is 6.97. The summed E-state index contributed by atoms with van der Waals surface area (Å²) in [6, 6.07) is 6.13. The van der Waals surface area contributed by atoms with E-state index in [9.17, 15) is 4.79 Å². The molecule has 0 bridgehead atoms. The molecule has 2 aliphatic rings. The highest BCUT2D eigenvalue weighted by Gasteiger charge is 2.24. The minimum absolute atomic E-state index is 0.184. The van der Waals surface area contributed by atoms with Crippen molar-refractivity contribution in [1.82, 2.24) is 24.3 Å². The number of nitrogens with one attached hydrogen (secondary N) is 1. The van der Waals surface area contributed by atoms with Gasteiger partial charge in [-0.1, -0.05) is 19.3 Å². The number of methoxy groups -OCH3 is 1. The van der Waals surface area contributed by atoms with Crippen LogP contribution in [0.4, 0.5) is 5.69 Å². The first-order valence-corrected chi connectivity index (χ1v) is 11.7. The molecule has 5 rings (SSSR count). The van der Waals surface area contributed by atoms with Crippen molar-refractivity contribution in [3.8, 4) is 17.1 Å². The maximum atomic E-state index is 13.2. The molecule has 1 N–H and O–H groups in total. The first-order valence-electron chi connectivity index (χ1n) is 11.7. The molecule has 1 aliphatic heterocycles. The third-order valence-electron chi connectivity index (χ3n) is 6.97. The van der Waals surface area contributed by atoms with Gasteiger partial charge in [-0.3, -0.25) is 4.98 Å². The molecule has 1 aromatic carbocycles. The predicted octanol–water partition coefficient (Wildman–Crippen LogP) is 3.20. The second-order valence-corrected chi connectivity index (χ2v) is 9.11. The fraction of sp³-hybridized carbons (Fsp3) is 0.542. The summed E-state index contributed by atoms with van der Waals surface area (Å²) in [7, 11) is 3.81. The van der Waals surface area contributed by atoms with E-state index in [2.05, 4.69) is 27.9 Å². The number of hydrogen-bond donors (Lipinski definition) is 1. The molecule has 2 aromatic heterocycles. The average molecular weight is 437 g/mol. The Morgan fingerprint density at radius 3 is 2.53 bits per heavy atom. The number of H-pyrrole nitrogens is 1. The number of piperazine rings is 1. The lowest BCUT2D eigenvalue weighted by atomic mass is 9.89. The highest BCUT2D eigenvalue weighted by Crippen LogP contribution is 2.34. The first-order chi connectivity index (χ1) is 15.5. The topological polar surface area (TPSA) is 78.8 Å². The van der Waals surface area contributed by atoms with Crippen LogP contribution in [0.1, 0.15) is 49.5 Å². The maximum absolute atomic E-state index is 13.2. The van der Waals surface area contributed by atoms with E-state index < -0.39 is 0 Å². The van der Waals surface area contributed by atoms with Crippen molar-refractivity contribution in [3.05, 3.63) is 40.2 Å². The Hall–Kier alpha value is -2.87. The number of aromatic nitrogens is 4. The van der Waals surface area contributed by atoms with E-state index in [1.54, 1.807) is 11.5 Å². The molecule has 1 aliphatic carbocycles. The van der Waals surface area contributed by atoms with Gasteiger partial charge in [0.15, 0.2) is 5.65 Å². The van der Waals surface area contributed by atoms with Gasteiger partial charge in [0, 0.05) is 43.9 Å². The Balaban J connectivity index is 1.53. The number of likely N-dealkylation sites (N-methyl/N-ethyl adjacent to an activating group) is 1. The van der Waals surface area contributed by atoms with Crippen LogP contribution in [0.15, 0.2) is 23.0 Å². The van der Waals surface area contributed by atoms with Gasteiger partial charge in [-0.25, -0.2) is 19.2 Å². The minimum atomic E-state index is -0.184. The van der Waals surface area contributed by atoms with Crippen molar-refractivity contribution in [2.75, 3.05) is 45.2 Å². The molecule has 8 heteroatoms. The highest BCUT2D eigenvalue weighted by atomic mass is 16.5. The van der Waals surface area contributed by atoms with Gasteiger partial charge in [-0.05, 0) is 38.9 Å². The lowest BCUT2D eigenvalue weighted by Gasteiger charge is -2.34. The summed E-state index contributed by atoms with van der Waals surface area (Å²) in [6.07, 6.45) is 5.82. The number of fused-ring (bicyclic) bond motifs is 1. The van der Waals surface area contributed by atoms with Crippen LogP contribution in [0.5, 0.6) is 5.75 Å². The fourth-order valence-corrected chi connectivity index (χ4v) is 5.06. The van der Waals surface area contributed by atoms with E-state index in [-0.39, 0.29) is 5.69 Å². The average Bonchev–Trinajstić information content (AvgIpc) is 3.16. The molecule has 0 spiro atoms. The van der Waals surface area contributed by atoms with Crippen LogP contribution in [0.3, 0.4) is 0 Å². The van der Waals surface area contributed by atoms with Gasteiger partial charge < -0.3 is 14.5 Å². The molecule has 170 valence electrons. The highest BCUT2D eigenvalue weighted by molar-refractivity contribution is 5.70. The first kappa shape index (κ1) is 21.0. The second-order valence-electron chi connectivity index (χ2n) is 9.11. The van der Waals surface area contributed by atoms with Gasteiger partial charge in [0.05, 0.1) is 18.4 Å². The number of ether oxygens (including phenoxy) is 1. The van der Waals surface area contributed by atoms with E-state index in [0.29, 0.717) is 23.1 Å². The number of aromatic amines is 1. The van der Waals surface area contributed by atoms with Crippen LogP contribution in [0.25, 0.3) is 17.0 Å². The monoisotopic (exact) mass is 436 g/mol. The Morgan fingerprint density at radius 2 is 1.81 bits per heavy atom. The molecule has 2 fully saturated rings. The number of nitrogens with zero attached hydrogens (tertiary/aromatic N) is 5. The Kier molecular flexibility index (Phi) is 5.63. The van der Waals surface area contributed by atoms with Gasteiger partial charge in [-0.15, -0.1) is 0 Å². The van der Waals surface area contributed by atoms with Crippen LogP contribution in [0.2, 0.25) is 0 Å². The van der Waals surface area contributed by atoms with Crippen molar-refractivity contribution >= 4 is 11.3 Å². The lowest BCUT2D eigenvalue weighted by molar-refractivity contribution is 0.312. The van der Waals surface area contributed by atoms with E-state index in [0.717, 1.165) is 61.8 Å². The van der Waals surface area contributed by atoms with Crippen LogP contribution in [-0.4, -0.2) is 64.6 Å². The van der Waals surface area contributed by atoms with Gasteiger partial charge in [0.25, 0.3) is 0 Å². The Labute approximate surface area is 188 Å². The molecule has 0 unspecified atom stereocenters. The van der Waals surface area contributed by atoms with Crippen molar-refractivity contribution < 1.29 is 4.74 Å². The van der Waals surface area contributed by atoms with Gasteiger partial charge in [-0.2, -0.15) is 0 Å². The van der Waals surface area contributed by atoms with Crippen LogP contribution < -0.4 is 15.3 Å². The van der Waals surface area contributed by atoms with Gasteiger partial charge in [0.1, 0.15) is 17.4 Å². The van der Waals surface area contributed by atoms with Crippen LogP contribution in [0, 0.1) is 6.92 Å². The number of benzene rings is 1. The SMILES string of the molecule is COc1cc(N2CCN(C)CC2)ccc1-c1nc2c(C)nc(C3CCCCC3)n2c(=O)[nH]1. The van der Waals surface area contributed by atoms with E-state index >= 15 is 0 Å². The van der Waals surface area contributed by atoms with Crippen molar-refractivity contribution in [2.45, 2.75) is 44.9 Å². The summed E-state index contributed by atoms with van der Waals surface area (Å²) in [5, 5.41) is 0. The quantitative estimate of drug-likeness (QED) is 0.677. The van der Waals surface area contributed by atoms with E-state index in [1.165, 1.54) is 19.3 Å². The molecule has 1 saturated heterocycles. The smallest absolute Gasteiger partial charge is 0.334 e. The van der Waals surface area contributed by atoms with Gasteiger partial charge >= 0.3 is 5.69 Å².